The normalized spacial score (nSPS) is 20.5. The van der Waals surface area contributed by atoms with Crippen molar-refractivity contribution in [1.82, 2.24) is 9.80 Å². The maximum absolute atomic E-state index is 11.8. The van der Waals surface area contributed by atoms with Gasteiger partial charge in [-0.2, -0.15) is 0 Å². The van der Waals surface area contributed by atoms with Gasteiger partial charge in [-0.25, -0.2) is 0 Å². The molecule has 1 saturated heterocycles. The van der Waals surface area contributed by atoms with Crippen LogP contribution < -0.4 is 5.73 Å². The monoisotopic (exact) mass is 257 g/mol. The summed E-state index contributed by atoms with van der Waals surface area (Å²) in [4.78, 5) is 16.4. The van der Waals surface area contributed by atoms with Crippen LogP contribution in [0.4, 0.5) is 0 Å². The highest BCUT2D eigenvalue weighted by molar-refractivity contribution is 7.80. The standard InChI is InChI=1S/C12H23N3OS/c1-10-4-3-7-15(10)9-6-12(16)14(2)8-5-11(13)17/h10H,3-9H2,1-2H3,(H2,13,17). The number of hydrogen-bond acceptors (Lipinski definition) is 3. The Morgan fingerprint density at radius 1 is 1.53 bits per heavy atom. The molecular weight excluding hydrogens is 234 g/mol. The fourth-order valence-corrected chi connectivity index (χ4v) is 2.25. The minimum absolute atomic E-state index is 0.181. The number of rotatable bonds is 6. The van der Waals surface area contributed by atoms with Crippen LogP contribution in [0.2, 0.25) is 0 Å². The Labute approximate surface area is 109 Å². The van der Waals surface area contributed by atoms with Crippen LogP contribution in [0.1, 0.15) is 32.6 Å². The Balaban J connectivity index is 2.21. The molecule has 1 fully saturated rings. The van der Waals surface area contributed by atoms with E-state index in [0.29, 0.717) is 30.4 Å². The summed E-state index contributed by atoms with van der Waals surface area (Å²) in [6.07, 6.45) is 3.72. The van der Waals surface area contributed by atoms with Crippen molar-refractivity contribution in [1.29, 1.82) is 0 Å². The van der Waals surface area contributed by atoms with Crippen LogP contribution in [0, 0.1) is 0 Å². The number of nitrogens with zero attached hydrogens (tertiary/aromatic N) is 2. The third kappa shape index (κ3) is 5.00. The zero-order valence-corrected chi connectivity index (χ0v) is 11.6. The number of amides is 1. The van der Waals surface area contributed by atoms with Crippen molar-refractivity contribution in [2.24, 2.45) is 5.73 Å². The molecule has 1 amide bonds. The molecule has 1 aliphatic heterocycles. The first kappa shape index (κ1) is 14.4. The Bertz CT molecular complexity index is 283. The van der Waals surface area contributed by atoms with E-state index in [0.717, 1.165) is 13.1 Å². The van der Waals surface area contributed by atoms with Crippen molar-refractivity contribution in [3.05, 3.63) is 0 Å². The van der Waals surface area contributed by atoms with Crippen LogP contribution in [-0.2, 0) is 4.79 Å². The molecule has 1 unspecified atom stereocenters. The lowest BCUT2D eigenvalue weighted by molar-refractivity contribution is -0.130. The molecule has 5 heteroatoms. The van der Waals surface area contributed by atoms with Crippen LogP contribution in [0.25, 0.3) is 0 Å². The molecule has 0 aliphatic carbocycles. The summed E-state index contributed by atoms with van der Waals surface area (Å²) in [5.41, 5.74) is 5.42. The number of likely N-dealkylation sites (tertiary alicyclic amines) is 1. The van der Waals surface area contributed by atoms with Crippen LogP contribution in [0.3, 0.4) is 0 Å². The molecule has 1 heterocycles. The zero-order chi connectivity index (χ0) is 12.8. The van der Waals surface area contributed by atoms with E-state index >= 15 is 0 Å². The first-order valence-electron chi connectivity index (χ1n) is 6.27. The molecule has 0 radical (unpaired) electrons. The Hall–Kier alpha value is -0.680. The van der Waals surface area contributed by atoms with Gasteiger partial charge in [0.1, 0.15) is 0 Å². The predicted octanol–water partition coefficient (Wildman–Crippen LogP) is 0.995. The Morgan fingerprint density at radius 2 is 2.24 bits per heavy atom. The summed E-state index contributed by atoms with van der Waals surface area (Å²) in [5.74, 6) is 0.181. The second kappa shape index (κ2) is 6.91. The lowest BCUT2D eigenvalue weighted by Gasteiger charge is -2.22. The molecule has 4 nitrogen and oxygen atoms in total. The first-order valence-corrected chi connectivity index (χ1v) is 6.68. The summed E-state index contributed by atoms with van der Waals surface area (Å²) < 4.78 is 0. The highest BCUT2D eigenvalue weighted by Crippen LogP contribution is 2.16. The third-order valence-corrected chi connectivity index (χ3v) is 3.63. The third-order valence-electron chi connectivity index (χ3n) is 3.42. The second-order valence-corrected chi connectivity index (χ2v) is 5.33. The largest absolute Gasteiger partial charge is 0.393 e. The SMILES string of the molecule is CC1CCCN1CCC(=O)N(C)CCC(N)=S. The molecule has 1 rings (SSSR count). The van der Waals surface area contributed by atoms with Gasteiger partial charge < -0.3 is 15.5 Å². The molecule has 17 heavy (non-hydrogen) atoms. The van der Waals surface area contributed by atoms with Gasteiger partial charge in [0.2, 0.25) is 5.91 Å². The fraction of sp³-hybridized carbons (Fsp3) is 0.833. The molecule has 98 valence electrons. The fourth-order valence-electron chi connectivity index (χ4n) is 2.16. The van der Waals surface area contributed by atoms with Gasteiger partial charge in [-0.1, -0.05) is 12.2 Å². The van der Waals surface area contributed by atoms with Gasteiger partial charge in [0.15, 0.2) is 0 Å². The summed E-state index contributed by atoms with van der Waals surface area (Å²) in [7, 11) is 1.81. The van der Waals surface area contributed by atoms with E-state index in [9.17, 15) is 4.79 Å². The van der Waals surface area contributed by atoms with E-state index in [4.69, 9.17) is 18.0 Å². The number of carbonyl (C=O) groups excluding carboxylic acids is 1. The van der Waals surface area contributed by atoms with Crippen molar-refractivity contribution < 1.29 is 4.79 Å². The maximum atomic E-state index is 11.8. The van der Waals surface area contributed by atoms with Crippen molar-refractivity contribution in [2.45, 2.75) is 38.6 Å². The highest BCUT2D eigenvalue weighted by atomic mass is 32.1. The first-order chi connectivity index (χ1) is 8.00. The average Bonchev–Trinajstić information content (AvgIpc) is 2.68. The number of carbonyl (C=O) groups is 1. The van der Waals surface area contributed by atoms with Crippen molar-refractivity contribution in [3.63, 3.8) is 0 Å². The minimum Gasteiger partial charge on any atom is -0.393 e. The van der Waals surface area contributed by atoms with Gasteiger partial charge in [-0.15, -0.1) is 0 Å². The van der Waals surface area contributed by atoms with Gasteiger partial charge in [0.05, 0.1) is 4.99 Å². The molecule has 2 N–H and O–H groups in total. The van der Waals surface area contributed by atoms with E-state index in [-0.39, 0.29) is 5.91 Å². The van der Waals surface area contributed by atoms with Crippen molar-refractivity contribution in [2.75, 3.05) is 26.7 Å². The smallest absolute Gasteiger partial charge is 0.223 e. The topological polar surface area (TPSA) is 49.6 Å². The second-order valence-electron chi connectivity index (χ2n) is 4.81. The highest BCUT2D eigenvalue weighted by Gasteiger charge is 2.21. The lowest BCUT2D eigenvalue weighted by atomic mass is 10.2. The predicted molar refractivity (Wildman–Crippen MR) is 73.9 cm³/mol. The minimum atomic E-state index is 0.181. The van der Waals surface area contributed by atoms with E-state index < -0.39 is 0 Å². The molecule has 0 bridgehead atoms. The summed E-state index contributed by atoms with van der Waals surface area (Å²) in [6, 6.07) is 0.629. The van der Waals surface area contributed by atoms with Gasteiger partial charge in [0.25, 0.3) is 0 Å². The van der Waals surface area contributed by atoms with Crippen LogP contribution in [-0.4, -0.2) is 53.4 Å². The van der Waals surface area contributed by atoms with E-state index in [1.165, 1.54) is 12.8 Å². The van der Waals surface area contributed by atoms with E-state index in [2.05, 4.69) is 11.8 Å². The van der Waals surface area contributed by atoms with Gasteiger partial charge in [-0.05, 0) is 26.3 Å². The van der Waals surface area contributed by atoms with Crippen molar-refractivity contribution in [3.8, 4) is 0 Å². The summed E-state index contributed by atoms with van der Waals surface area (Å²) in [5, 5.41) is 0. The van der Waals surface area contributed by atoms with Crippen LogP contribution in [0.5, 0.6) is 0 Å². The van der Waals surface area contributed by atoms with Gasteiger partial charge in [-0.3, -0.25) is 4.79 Å². The molecule has 0 aromatic heterocycles. The van der Waals surface area contributed by atoms with Gasteiger partial charge in [0, 0.05) is 39.0 Å². The quantitative estimate of drug-likeness (QED) is 0.721. The Morgan fingerprint density at radius 3 is 2.76 bits per heavy atom. The maximum Gasteiger partial charge on any atom is 0.223 e. The van der Waals surface area contributed by atoms with Crippen LogP contribution >= 0.6 is 12.2 Å². The molecule has 0 spiro atoms. The average molecular weight is 257 g/mol. The number of thiocarbonyl (C=S) groups is 1. The molecule has 0 aromatic carbocycles. The van der Waals surface area contributed by atoms with Crippen molar-refractivity contribution >= 4 is 23.1 Å². The molecule has 1 atom stereocenters. The molecule has 1 aliphatic rings. The number of hydrogen-bond donors (Lipinski definition) is 1. The summed E-state index contributed by atoms with van der Waals surface area (Å²) in [6.45, 7) is 4.86. The van der Waals surface area contributed by atoms with E-state index in [1.54, 1.807) is 4.90 Å². The van der Waals surface area contributed by atoms with Gasteiger partial charge >= 0.3 is 0 Å². The molecule has 0 aromatic rings. The molecular formula is C12H23N3OS. The Kier molecular flexibility index (Phi) is 5.85. The van der Waals surface area contributed by atoms with Crippen LogP contribution in [0.15, 0.2) is 0 Å². The summed E-state index contributed by atoms with van der Waals surface area (Å²) >= 11 is 4.80. The van der Waals surface area contributed by atoms with E-state index in [1.807, 2.05) is 7.05 Å². The molecule has 0 saturated carbocycles. The number of nitrogens with two attached hydrogens (primary N) is 1. The zero-order valence-electron chi connectivity index (χ0n) is 10.8. The lowest BCUT2D eigenvalue weighted by Crippen LogP contribution is -2.35.